The Hall–Kier alpha value is -1.42. The van der Waals surface area contributed by atoms with Crippen LogP contribution in [0.5, 0.6) is 11.5 Å². The molecule has 92 valence electrons. The molecule has 2 heterocycles. The van der Waals surface area contributed by atoms with Gasteiger partial charge in [-0.2, -0.15) is 0 Å². The zero-order valence-corrected chi connectivity index (χ0v) is 10.1. The van der Waals surface area contributed by atoms with Crippen LogP contribution in [0.1, 0.15) is 6.42 Å². The minimum absolute atomic E-state index is 0.544. The van der Waals surface area contributed by atoms with E-state index in [1.807, 2.05) is 12.1 Å². The highest BCUT2D eigenvalue weighted by Crippen LogP contribution is 2.33. The number of ether oxygens (including phenoxy) is 2. The first kappa shape index (κ1) is 10.7. The second kappa shape index (κ2) is 4.45. The fourth-order valence-corrected chi connectivity index (χ4v) is 2.42. The Morgan fingerprint density at radius 1 is 1.24 bits per heavy atom. The molecular formula is C13H18N2O2. The maximum atomic E-state index is 5.57. The van der Waals surface area contributed by atoms with E-state index in [0.717, 1.165) is 23.7 Å². The summed E-state index contributed by atoms with van der Waals surface area (Å²) in [5.74, 6) is 1.71. The van der Waals surface area contributed by atoms with Gasteiger partial charge in [0.05, 0.1) is 0 Å². The highest BCUT2D eigenvalue weighted by atomic mass is 16.6. The van der Waals surface area contributed by atoms with E-state index in [-0.39, 0.29) is 0 Å². The van der Waals surface area contributed by atoms with Gasteiger partial charge in [0.2, 0.25) is 0 Å². The molecule has 0 saturated carbocycles. The molecule has 3 rings (SSSR count). The predicted molar refractivity (Wildman–Crippen MR) is 67.0 cm³/mol. The number of benzene rings is 1. The van der Waals surface area contributed by atoms with Crippen LogP contribution in [0.25, 0.3) is 0 Å². The molecule has 2 aliphatic heterocycles. The normalized spacial score (nSPS) is 23.7. The highest BCUT2D eigenvalue weighted by molar-refractivity contribution is 5.55. The number of anilines is 1. The zero-order valence-electron chi connectivity index (χ0n) is 10.1. The van der Waals surface area contributed by atoms with Crippen LogP contribution in [-0.4, -0.2) is 44.3 Å². The summed E-state index contributed by atoms with van der Waals surface area (Å²) in [6.07, 6.45) is 1.20. The second-order valence-corrected chi connectivity index (χ2v) is 4.75. The smallest absolute Gasteiger partial charge is 0.163 e. The third kappa shape index (κ3) is 2.31. The van der Waals surface area contributed by atoms with Crippen molar-refractivity contribution >= 4 is 5.69 Å². The van der Waals surface area contributed by atoms with Gasteiger partial charge in [0.1, 0.15) is 13.2 Å². The van der Waals surface area contributed by atoms with E-state index in [2.05, 4.69) is 23.3 Å². The van der Waals surface area contributed by atoms with Crippen molar-refractivity contribution in [1.29, 1.82) is 0 Å². The van der Waals surface area contributed by atoms with Crippen LogP contribution in [0.2, 0.25) is 0 Å². The van der Waals surface area contributed by atoms with Crippen molar-refractivity contribution in [3.8, 4) is 11.5 Å². The summed E-state index contributed by atoms with van der Waals surface area (Å²) >= 11 is 0. The lowest BCUT2D eigenvalue weighted by molar-refractivity contribution is 0.171. The van der Waals surface area contributed by atoms with E-state index < -0.39 is 0 Å². The Kier molecular flexibility index (Phi) is 2.81. The molecule has 0 spiro atoms. The lowest BCUT2D eigenvalue weighted by Gasteiger charge is -2.20. The molecule has 1 saturated heterocycles. The maximum Gasteiger partial charge on any atom is 0.163 e. The van der Waals surface area contributed by atoms with Crippen molar-refractivity contribution in [3.05, 3.63) is 18.2 Å². The van der Waals surface area contributed by atoms with Crippen molar-refractivity contribution in [2.75, 3.05) is 38.7 Å². The average molecular weight is 234 g/mol. The highest BCUT2D eigenvalue weighted by Gasteiger charge is 2.19. The molecule has 0 bridgehead atoms. The molecule has 1 atom stereocenters. The minimum atomic E-state index is 0.544. The average Bonchev–Trinajstić information content (AvgIpc) is 2.75. The van der Waals surface area contributed by atoms with E-state index >= 15 is 0 Å². The Bertz CT molecular complexity index is 408. The summed E-state index contributed by atoms with van der Waals surface area (Å²) in [5, 5.41) is 3.54. The summed E-state index contributed by atoms with van der Waals surface area (Å²) in [6.45, 7) is 3.56. The van der Waals surface area contributed by atoms with Crippen LogP contribution < -0.4 is 14.8 Å². The molecule has 0 amide bonds. The van der Waals surface area contributed by atoms with Crippen LogP contribution in [0.4, 0.5) is 5.69 Å². The van der Waals surface area contributed by atoms with Gasteiger partial charge >= 0.3 is 0 Å². The van der Waals surface area contributed by atoms with Gasteiger partial charge in [-0.05, 0) is 32.1 Å². The summed E-state index contributed by atoms with van der Waals surface area (Å²) in [7, 11) is 2.16. The third-order valence-electron chi connectivity index (χ3n) is 3.30. The Morgan fingerprint density at radius 3 is 2.82 bits per heavy atom. The molecule has 2 aliphatic rings. The van der Waals surface area contributed by atoms with Crippen molar-refractivity contribution < 1.29 is 9.47 Å². The number of nitrogens with one attached hydrogen (secondary N) is 1. The predicted octanol–water partition coefficient (Wildman–Crippen LogP) is 1.57. The third-order valence-corrected chi connectivity index (χ3v) is 3.30. The number of hydrogen-bond acceptors (Lipinski definition) is 4. The Morgan fingerprint density at radius 2 is 2.06 bits per heavy atom. The molecule has 0 aliphatic carbocycles. The minimum Gasteiger partial charge on any atom is -0.486 e. The maximum absolute atomic E-state index is 5.57. The van der Waals surface area contributed by atoms with Crippen LogP contribution in [0.15, 0.2) is 18.2 Å². The molecule has 1 aromatic rings. The molecule has 1 N–H and O–H groups in total. The fraction of sp³-hybridized carbons (Fsp3) is 0.538. The first-order valence-corrected chi connectivity index (χ1v) is 6.16. The van der Waals surface area contributed by atoms with Crippen LogP contribution in [0, 0.1) is 0 Å². The molecule has 1 unspecified atom stereocenters. The van der Waals surface area contributed by atoms with Crippen LogP contribution >= 0.6 is 0 Å². The monoisotopic (exact) mass is 234 g/mol. The number of fused-ring (bicyclic) bond motifs is 1. The van der Waals surface area contributed by atoms with E-state index in [1.165, 1.54) is 13.0 Å². The quantitative estimate of drug-likeness (QED) is 0.842. The van der Waals surface area contributed by atoms with Gasteiger partial charge in [-0.1, -0.05) is 0 Å². The van der Waals surface area contributed by atoms with Crippen molar-refractivity contribution in [2.45, 2.75) is 12.5 Å². The zero-order chi connectivity index (χ0) is 11.7. The molecular weight excluding hydrogens is 216 g/mol. The molecule has 4 heteroatoms. The van der Waals surface area contributed by atoms with E-state index in [4.69, 9.17) is 9.47 Å². The topological polar surface area (TPSA) is 33.7 Å². The standard InChI is InChI=1S/C13H18N2O2/c1-15-5-4-11(9-15)14-10-2-3-12-13(8-10)17-7-6-16-12/h2-3,8,11,14H,4-7,9H2,1H3. The summed E-state index contributed by atoms with van der Waals surface area (Å²) in [5.41, 5.74) is 1.12. The summed E-state index contributed by atoms with van der Waals surface area (Å²) in [6, 6.07) is 6.62. The largest absolute Gasteiger partial charge is 0.486 e. The van der Waals surface area contributed by atoms with Gasteiger partial charge in [0.15, 0.2) is 11.5 Å². The van der Waals surface area contributed by atoms with Gasteiger partial charge in [0, 0.05) is 24.3 Å². The Labute approximate surface area is 102 Å². The molecule has 0 aromatic heterocycles. The molecule has 1 aromatic carbocycles. The summed E-state index contributed by atoms with van der Waals surface area (Å²) < 4.78 is 11.1. The first-order valence-electron chi connectivity index (χ1n) is 6.16. The van der Waals surface area contributed by atoms with Crippen LogP contribution in [0.3, 0.4) is 0 Å². The van der Waals surface area contributed by atoms with Gasteiger partial charge < -0.3 is 19.7 Å². The lowest BCUT2D eigenvalue weighted by atomic mass is 10.2. The van der Waals surface area contributed by atoms with E-state index in [1.54, 1.807) is 0 Å². The van der Waals surface area contributed by atoms with Gasteiger partial charge in [0.25, 0.3) is 0 Å². The van der Waals surface area contributed by atoms with Gasteiger partial charge in [-0.15, -0.1) is 0 Å². The van der Waals surface area contributed by atoms with Crippen LogP contribution in [-0.2, 0) is 0 Å². The molecule has 1 fully saturated rings. The second-order valence-electron chi connectivity index (χ2n) is 4.75. The molecule has 17 heavy (non-hydrogen) atoms. The van der Waals surface area contributed by atoms with Gasteiger partial charge in [-0.25, -0.2) is 0 Å². The van der Waals surface area contributed by atoms with Crippen molar-refractivity contribution in [3.63, 3.8) is 0 Å². The fourth-order valence-electron chi connectivity index (χ4n) is 2.42. The van der Waals surface area contributed by atoms with Gasteiger partial charge in [-0.3, -0.25) is 0 Å². The number of likely N-dealkylation sites (tertiary alicyclic amines) is 1. The summed E-state index contributed by atoms with van der Waals surface area (Å²) in [4.78, 5) is 2.34. The Balaban J connectivity index is 1.71. The molecule has 0 radical (unpaired) electrons. The number of rotatable bonds is 2. The van der Waals surface area contributed by atoms with E-state index in [0.29, 0.717) is 19.3 Å². The number of nitrogens with zero attached hydrogens (tertiary/aromatic N) is 1. The molecule has 4 nitrogen and oxygen atoms in total. The lowest BCUT2D eigenvalue weighted by Crippen LogP contribution is -2.23. The van der Waals surface area contributed by atoms with Crippen molar-refractivity contribution in [1.82, 2.24) is 4.90 Å². The van der Waals surface area contributed by atoms with E-state index in [9.17, 15) is 0 Å². The number of hydrogen-bond donors (Lipinski definition) is 1. The first-order chi connectivity index (χ1) is 8.31. The number of likely N-dealkylation sites (N-methyl/N-ethyl adjacent to an activating group) is 1. The SMILES string of the molecule is CN1CCC(Nc2ccc3c(c2)OCCO3)C1. The van der Waals surface area contributed by atoms with Crippen molar-refractivity contribution in [2.24, 2.45) is 0 Å².